The molecule has 0 aliphatic carbocycles. The molecule has 0 spiro atoms. The van der Waals surface area contributed by atoms with Crippen molar-refractivity contribution in [2.24, 2.45) is 16.6 Å². The van der Waals surface area contributed by atoms with Gasteiger partial charge in [-0.25, -0.2) is 22.2 Å². The molecule has 482 valence electrons. The van der Waals surface area contributed by atoms with Crippen molar-refractivity contribution < 1.29 is 87.7 Å². The number of halogens is 4. The summed E-state index contributed by atoms with van der Waals surface area (Å²) >= 11 is 0. The number of amidine groups is 1. The van der Waals surface area contributed by atoms with Crippen LogP contribution in [0.5, 0.6) is 5.75 Å². The number of hydrogen-bond donors (Lipinski definition) is 1. The van der Waals surface area contributed by atoms with E-state index in [0.29, 0.717) is 168 Å². The number of fused-ring (bicyclic) bond motifs is 1. The Balaban J connectivity index is 0.847. The minimum absolute atomic E-state index is 0.0153. The van der Waals surface area contributed by atoms with Gasteiger partial charge in [0, 0.05) is 69.4 Å². The first-order valence-electron chi connectivity index (χ1n) is 29.3. The number of amides is 1. The summed E-state index contributed by atoms with van der Waals surface area (Å²) in [5.41, 5.74) is 10.6. The average molecular weight is 1240 g/mol. The molecule has 0 unspecified atom stereocenters. The van der Waals surface area contributed by atoms with E-state index in [4.69, 9.17) is 58.1 Å². The molecular formula is C60H88F4N6O15S. The van der Waals surface area contributed by atoms with Crippen molar-refractivity contribution in [2.45, 2.75) is 51.0 Å². The Kier molecular flexibility index (Phi) is 33.2. The van der Waals surface area contributed by atoms with E-state index < -0.39 is 51.4 Å². The van der Waals surface area contributed by atoms with Gasteiger partial charge in [-0.3, -0.25) is 14.5 Å². The van der Waals surface area contributed by atoms with Crippen molar-refractivity contribution in [3.8, 4) is 16.9 Å². The summed E-state index contributed by atoms with van der Waals surface area (Å²) in [6, 6.07) is 11.4. The summed E-state index contributed by atoms with van der Waals surface area (Å²) in [7, 11) is 2.10. The van der Waals surface area contributed by atoms with Crippen LogP contribution in [0.15, 0.2) is 57.9 Å². The maximum atomic E-state index is 14.4. The highest BCUT2D eigenvalue weighted by atomic mass is 32.2. The molecule has 0 radical (unpaired) electrons. The number of rotatable bonds is 46. The van der Waals surface area contributed by atoms with Crippen LogP contribution >= 0.6 is 0 Å². The van der Waals surface area contributed by atoms with Crippen molar-refractivity contribution in [3.05, 3.63) is 82.4 Å². The summed E-state index contributed by atoms with van der Waals surface area (Å²) in [5, 5.41) is 0. The molecule has 0 aromatic heterocycles. The molecule has 2 heterocycles. The zero-order valence-corrected chi connectivity index (χ0v) is 51.3. The number of aliphatic imine (C=N–C) groups is 1. The molecule has 26 heteroatoms. The third kappa shape index (κ3) is 25.2. The SMILES string of the molecule is CCCN(CCC)C(=O)C1=Cc2ccc(-c3ccc(CN(C)CCOCCOCCOCCOCCOCCOCCOCCOCCOCCOCCC(=O)Oc4c(F)c(F)cc(F)c4F)c(S(=O)(=O)N4CC(CN(C)C)C4)c3)cc2N=C(N)C1. The van der Waals surface area contributed by atoms with E-state index in [0.717, 1.165) is 36.1 Å². The topological polar surface area (TPSA) is 221 Å². The van der Waals surface area contributed by atoms with Gasteiger partial charge in [0.2, 0.25) is 33.3 Å². The molecule has 1 amide bonds. The Bertz CT molecular complexity index is 2670. The van der Waals surface area contributed by atoms with E-state index in [-0.39, 0.29) is 55.6 Å². The molecule has 0 bridgehead atoms. The van der Waals surface area contributed by atoms with Gasteiger partial charge >= 0.3 is 5.97 Å². The molecule has 0 saturated carbocycles. The highest BCUT2D eigenvalue weighted by Gasteiger charge is 2.38. The lowest BCUT2D eigenvalue weighted by Crippen LogP contribution is -2.53. The van der Waals surface area contributed by atoms with Gasteiger partial charge in [-0.2, -0.15) is 13.1 Å². The standard InChI is InChI=1S/C60H88F4N6O15S/c1-6-13-69(14-7-2)60(72)50-36-48-10-8-46(37-53(48)66-55(65)39-50)47-9-11-49(54(38-47)86(73,74)70-42-45(43-70)41-67(3)4)44-68(5)15-17-76-19-21-78-23-25-80-27-29-82-31-33-84-35-34-83-32-30-81-28-26-79-24-22-77-20-18-75-16-12-56(71)85-59-57(63)51(61)40-52(62)58(59)64/h8-11,36-38,40,45H,6-7,12-35,39,41-44H2,1-5H3,(H2,65,66). The monoisotopic (exact) mass is 1240 g/mol. The summed E-state index contributed by atoms with van der Waals surface area (Å²) < 4.78 is 144. The van der Waals surface area contributed by atoms with E-state index in [1.54, 1.807) is 10.4 Å². The third-order valence-electron chi connectivity index (χ3n) is 13.3. The molecule has 2 N–H and O–H groups in total. The third-order valence-corrected chi connectivity index (χ3v) is 15.2. The largest absolute Gasteiger partial charge is 0.420 e. The quantitative estimate of drug-likeness (QED) is 0.0222. The second kappa shape index (κ2) is 39.8. The number of carbonyl (C=O) groups excluding carboxylic acids is 2. The zero-order chi connectivity index (χ0) is 62.1. The smallest absolute Gasteiger partial charge is 0.313 e. The van der Waals surface area contributed by atoms with Crippen molar-refractivity contribution >= 4 is 39.5 Å². The van der Waals surface area contributed by atoms with Gasteiger partial charge in [0.05, 0.1) is 149 Å². The van der Waals surface area contributed by atoms with E-state index in [1.165, 1.54) is 0 Å². The molecule has 21 nitrogen and oxygen atoms in total. The number of sulfonamides is 1. The number of hydrogen-bond acceptors (Lipinski definition) is 19. The Morgan fingerprint density at radius 2 is 1.07 bits per heavy atom. The minimum Gasteiger partial charge on any atom is -0.420 e. The Labute approximate surface area is 503 Å². The molecule has 5 rings (SSSR count). The van der Waals surface area contributed by atoms with Crippen molar-refractivity contribution in [2.75, 3.05) is 193 Å². The number of benzene rings is 3. The molecule has 3 aromatic carbocycles. The van der Waals surface area contributed by atoms with Gasteiger partial charge in [0.1, 0.15) is 5.84 Å². The van der Waals surface area contributed by atoms with Crippen LogP contribution in [0.25, 0.3) is 17.2 Å². The van der Waals surface area contributed by atoms with Crippen LogP contribution in [0, 0.1) is 29.2 Å². The van der Waals surface area contributed by atoms with Crippen molar-refractivity contribution in [1.29, 1.82) is 0 Å². The van der Waals surface area contributed by atoms with Gasteiger partial charge in [-0.05, 0) is 74.8 Å². The van der Waals surface area contributed by atoms with Crippen LogP contribution in [-0.2, 0) is 73.5 Å². The van der Waals surface area contributed by atoms with E-state index >= 15 is 0 Å². The zero-order valence-electron chi connectivity index (χ0n) is 50.5. The number of likely N-dealkylation sites (N-methyl/N-ethyl adjacent to an activating group) is 1. The van der Waals surface area contributed by atoms with Crippen LogP contribution < -0.4 is 10.5 Å². The summed E-state index contributed by atoms with van der Waals surface area (Å²) in [4.78, 5) is 36.3. The predicted octanol–water partition coefficient (Wildman–Crippen LogP) is 6.11. The fourth-order valence-corrected chi connectivity index (χ4v) is 10.8. The predicted molar refractivity (Wildman–Crippen MR) is 315 cm³/mol. The molecule has 1 fully saturated rings. The van der Waals surface area contributed by atoms with E-state index in [2.05, 4.69) is 23.5 Å². The lowest BCUT2D eigenvalue weighted by Gasteiger charge is -2.39. The normalized spacial score (nSPS) is 13.9. The van der Waals surface area contributed by atoms with Crippen LogP contribution in [0.1, 0.15) is 50.7 Å². The Morgan fingerprint density at radius 1 is 0.616 bits per heavy atom. The molecule has 86 heavy (non-hydrogen) atoms. The van der Waals surface area contributed by atoms with E-state index in [9.17, 15) is 35.6 Å². The van der Waals surface area contributed by atoms with Crippen LogP contribution in [0.2, 0.25) is 0 Å². The Morgan fingerprint density at radius 3 is 1.55 bits per heavy atom. The number of carbonyl (C=O) groups is 2. The second-order valence-corrected chi connectivity index (χ2v) is 22.6. The van der Waals surface area contributed by atoms with Gasteiger partial charge < -0.3 is 67.6 Å². The lowest BCUT2D eigenvalue weighted by molar-refractivity contribution is -0.136. The van der Waals surface area contributed by atoms with Gasteiger partial charge in [0.15, 0.2) is 11.6 Å². The first kappa shape index (κ1) is 71.7. The van der Waals surface area contributed by atoms with Gasteiger partial charge in [0.25, 0.3) is 0 Å². The highest BCUT2D eigenvalue weighted by molar-refractivity contribution is 7.89. The highest BCUT2D eigenvalue weighted by Crippen LogP contribution is 2.36. The molecule has 3 aromatic rings. The number of esters is 1. The minimum atomic E-state index is -3.82. The summed E-state index contributed by atoms with van der Waals surface area (Å²) in [5.74, 6) is -8.97. The molecule has 1 saturated heterocycles. The van der Waals surface area contributed by atoms with Gasteiger partial charge in [-0.15, -0.1) is 0 Å². The number of ether oxygens (including phenoxy) is 11. The maximum Gasteiger partial charge on any atom is 0.313 e. The molecule has 2 aliphatic rings. The molecule has 2 aliphatic heterocycles. The fraction of sp³-hybridized carbons (Fsp3) is 0.617. The van der Waals surface area contributed by atoms with Crippen LogP contribution in [-0.4, -0.2) is 238 Å². The molecular weight excluding hydrogens is 1150 g/mol. The number of nitrogens with two attached hydrogens (primary N) is 1. The average Bonchev–Trinajstić information content (AvgIpc) is 1.15. The molecule has 0 atom stereocenters. The first-order chi connectivity index (χ1) is 41.5. The fourth-order valence-electron chi connectivity index (χ4n) is 8.99. The first-order valence-corrected chi connectivity index (χ1v) is 30.7. The maximum absolute atomic E-state index is 14.4. The second-order valence-electron chi connectivity index (χ2n) is 20.7. The van der Waals surface area contributed by atoms with E-state index in [1.807, 2.05) is 67.4 Å². The summed E-state index contributed by atoms with van der Waals surface area (Å²) in [6.45, 7) is 14.9. The lowest BCUT2D eigenvalue weighted by atomic mass is 9.99. The van der Waals surface area contributed by atoms with Crippen molar-refractivity contribution in [1.82, 2.24) is 19.0 Å². The van der Waals surface area contributed by atoms with Crippen LogP contribution in [0.3, 0.4) is 0 Å². The summed E-state index contributed by atoms with van der Waals surface area (Å²) in [6.07, 6.45) is 3.43. The Hall–Kier alpha value is -5.04. The number of nitrogens with zero attached hydrogens (tertiary/aromatic N) is 5. The van der Waals surface area contributed by atoms with Gasteiger partial charge in [-0.1, -0.05) is 38.1 Å². The van der Waals surface area contributed by atoms with Crippen molar-refractivity contribution in [3.63, 3.8) is 0 Å². The van der Waals surface area contributed by atoms with Crippen LogP contribution in [0.4, 0.5) is 23.2 Å².